The van der Waals surface area contributed by atoms with Gasteiger partial charge < -0.3 is 85.3 Å². The molecule has 6 aromatic carbocycles. The van der Waals surface area contributed by atoms with Gasteiger partial charge in [0.1, 0.15) is 75.8 Å². The largest absolute Gasteiger partial charge is 0.508 e. The van der Waals surface area contributed by atoms with Crippen LogP contribution < -0.4 is 18.9 Å². The molecule has 4 aliphatic heterocycles. The molecule has 62 heavy (non-hydrogen) atoms. The van der Waals surface area contributed by atoms with E-state index in [1.54, 1.807) is 0 Å². The Bertz CT molecular complexity index is 2840. The van der Waals surface area contributed by atoms with Gasteiger partial charge >= 0.3 is 5.79 Å². The summed E-state index contributed by atoms with van der Waals surface area (Å²) in [5, 5.41) is 145. The van der Waals surface area contributed by atoms with E-state index >= 15 is 0 Å². The lowest BCUT2D eigenvalue weighted by Crippen LogP contribution is -2.57. The highest BCUT2D eigenvalue weighted by Gasteiger charge is 2.61. The first-order valence-corrected chi connectivity index (χ1v) is 19.2. The van der Waals surface area contributed by atoms with Crippen LogP contribution in [0.3, 0.4) is 0 Å². The van der Waals surface area contributed by atoms with E-state index in [2.05, 4.69) is 0 Å². The topological polar surface area (TPSA) is 300 Å². The predicted octanol–water partition coefficient (Wildman–Crippen LogP) is 4.54. The van der Waals surface area contributed by atoms with Gasteiger partial charge in [-0.2, -0.15) is 0 Å². The molecule has 4 heterocycles. The minimum Gasteiger partial charge on any atom is -0.508 e. The second-order valence-electron chi connectivity index (χ2n) is 15.7. The van der Waals surface area contributed by atoms with E-state index < -0.39 is 99.9 Å². The molecule has 0 fully saturated rings. The van der Waals surface area contributed by atoms with Crippen LogP contribution in [0.4, 0.5) is 0 Å². The Morgan fingerprint density at radius 3 is 1.74 bits per heavy atom. The second-order valence-corrected chi connectivity index (χ2v) is 15.7. The maximum absolute atomic E-state index is 12.5. The number of aromatic hydroxyl groups is 10. The molecular formula is C45H36O17. The van der Waals surface area contributed by atoms with Crippen LogP contribution in [0.1, 0.15) is 68.6 Å². The van der Waals surface area contributed by atoms with E-state index in [1.807, 2.05) is 0 Å². The molecule has 0 saturated carbocycles. The third-order valence-corrected chi connectivity index (χ3v) is 12.1. The molecule has 2 bridgehead atoms. The van der Waals surface area contributed by atoms with Crippen LogP contribution in [0.2, 0.25) is 0 Å². The summed E-state index contributed by atoms with van der Waals surface area (Å²) < 4.78 is 25.7. The lowest BCUT2D eigenvalue weighted by atomic mass is 9.71. The molecule has 0 aromatic heterocycles. The number of phenols is 10. The monoisotopic (exact) mass is 848 g/mol. The molecule has 0 aliphatic carbocycles. The van der Waals surface area contributed by atoms with Crippen molar-refractivity contribution in [2.24, 2.45) is 0 Å². The molecule has 10 rings (SSSR count). The SMILES string of the molecule is Oc1ccc([C@H]2Oc3c(c(O)cc(O)c3[C@@H]3c4c(O)cc5c(c4O[C@H](c4ccc(O)c(O)c4)[C@@H]3O)[C@H]3c4c(O)cc(O)cc4O[C@@](c4ccc(O)c(O)c4)(O5)[C@@H]3O)C[C@H]2O)cc1. The van der Waals surface area contributed by atoms with E-state index in [9.17, 15) is 66.4 Å². The zero-order valence-electron chi connectivity index (χ0n) is 31.8. The highest BCUT2D eigenvalue weighted by molar-refractivity contribution is 5.72. The molecule has 0 radical (unpaired) electrons. The highest BCUT2D eigenvalue weighted by atomic mass is 16.7. The van der Waals surface area contributed by atoms with Crippen molar-refractivity contribution >= 4 is 0 Å². The number of phenolic OH excluding ortho intramolecular Hbond substituents is 10. The fourth-order valence-corrected chi connectivity index (χ4v) is 9.27. The standard InChI is InChI=1S/C45H36O17/c46-19-5-1-16(2-6-19)40-30(56)13-21-24(50)14-28(54)34(42(21)59-40)37-35-29(55)15-32-36(43(35)60-41(39(37)57)17-3-7-22(48)25(51)9-17)38-33-27(53)11-20(47)12-31(33)61-45(62-32,44(38)58)18-4-8-23(49)26(52)10-18/h1-12,14-15,30,37-41,44,46-58H,13H2/t30-,37-,38-,39-,40-,41-,44-,45+/m1/s1. The lowest BCUT2D eigenvalue weighted by molar-refractivity contribution is -0.219. The maximum atomic E-state index is 12.5. The van der Waals surface area contributed by atoms with Gasteiger partial charge in [-0.15, -0.1) is 0 Å². The average Bonchev–Trinajstić information content (AvgIpc) is 3.21. The molecule has 17 nitrogen and oxygen atoms in total. The van der Waals surface area contributed by atoms with Gasteiger partial charge in [-0.3, -0.25) is 0 Å². The number of hydrogen-bond acceptors (Lipinski definition) is 17. The zero-order valence-corrected chi connectivity index (χ0v) is 31.8. The third-order valence-electron chi connectivity index (χ3n) is 12.1. The van der Waals surface area contributed by atoms with Gasteiger partial charge in [-0.1, -0.05) is 18.2 Å². The summed E-state index contributed by atoms with van der Waals surface area (Å²) in [5.41, 5.74) is -0.0983. The normalized spacial score (nSPS) is 25.4. The fourth-order valence-electron chi connectivity index (χ4n) is 9.27. The van der Waals surface area contributed by atoms with Crippen LogP contribution in [-0.2, 0) is 12.2 Å². The van der Waals surface area contributed by atoms with Crippen LogP contribution in [0.15, 0.2) is 84.9 Å². The molecule has 17 heteroatoms. The highest BCUT2D eigenvalue weighted by Crippen LogP contribution is 2.65. The fraction of sp³-hybridized carbons (Fsp3) is 0.200. The van der Waals surface area contributed by atoms with Gasteiger partial charge in [-0.25, -0.2) is 0 Å². The minimum absolute atomic E-state index is 0.0284. The summed E-state index contributed by atoms with van der Waals surface area (Å²) in [6.07, 6.45) is -7.83. The van der Waals surface area contributed by atoms with E-state index in [0.29, 0.717) is 5.56 Å². The molecule has 13 N–H and O–H groups in total. The van der Waals surface area contributed by atoms with Gasteiger partial charge in [0.15, 0.2) is 29.1 Å². The zero-order chi connectivity index (χ0) is 43.7. The number of aliphatic hydroxyl groups is 3. The Balaban J connectivity index is 1.25. The Kier molecular flexibility index (Phi) is 8.37. The molecule has 8 atom stereocenters. The summed E-state index contributed by atoms with van der Waals surface area (Å²) >= 11 is 0. The molecule has 0 amide bonds. The third kappa shape index (κ3) is 5.52. The maximum Gasteiger partial charge on any atom is 0.305 e. The smallest absolute Gasteiger partial charge is 0.305 e. The van der Waals surface area contributed by atoms with Gasteiger partial charge in [0, 0.05) is 64.1 Å². The Morgan fingerprint density at radius 1 is 0.452 bits per heavy atom. The van der Waals surface area contributed by atoms with Gasteiger partial charge in [0.05, 0.1) is 17.9 Å². The average molecular weight is 849 g/mol. The van der Waals surface area contributed by atoms with Gasteiger partial charge in [0.25, 0.3) is 0 Å². The summed E-state index contributed by atoms with van der Waals surface area (Å²) in [6.45, 7) is 0. The number of fused-ring (bicyclic) bond motifs is 9. The molecule has 0 spiro atoms. The van der Waals surface area contributed by atoms with Crippen molar-refractivity contribution in [3.63, 3.8) is 0 Å². The number of hydrogen-bond donors (Lipinski definition) is 13. The molecule has 318 valence electrons. The van der Waals surface area contributed by atoms with E-state index in [-0.39, 0.29) is 74.1 Å². The van der Waals surface area contributed by atoms with Crippen LogP contribution in [-0.4, -0.2) is 84.7 Å². The molecule has 6 aromatic rings. The van der Waals surface area contributed by atoms with Gasteiger partial charge in [-0.05, 0) is 53.6 Å². The van der Waals surface area contributed by atoms with E-state index in [1.165, 1.54) is 36.4 Å². The first-order chi connectivity index (χ1) is 29.6. The van der Waals surface area contributed by atoms with Crippen LogP contribution in [0, 0.1) is 0 Å². The number of benzene rings is 6. The Labute approximate surface area is 349 Å². The van der Waals surface area contributed by atoms with Crippen molar-refractivity contribution < 1.29 is 85.3 Å². The van der Waals surface area contributed by atoms with E-state index in [4.69, 9.17) is 18.9 Å². The first kappa shape index (κ1) is 38.6. The van der Waals surface area contributed by atoms with Crippen molar-refractivity contribution in [1.29, 1.82) is 0 Å². The summed E-state index contributed by atoms with van der Waals surface area (Å²) in [7, 11) is 0. The summed E-state index contributed by atoms with van der Waals surface area (Å²) in [4.78, 5) is 0. The van der Waals surface area contributed by atoms with Crippen LogP contribution in [0.5, 0.6) is 80.5 Å². The number of aliphatic hydroxyl groups excluding tert-OH is 3. The molecule has 4 aliphatic rings. The quantitative estimate of drug-likeness (QED) is 0.108. The van der Waals surface area contributed by atoms with Crippen molar-refractivity contribution in [3.8, 4) is 80.5 Å². The van der Waals surface area contributed by atoms with Crippen molar-refractivity contribution in [2.75, 3.05) is 0 Å². The molecular weight excluding hydrogens is 812 g/mol. The Hall–Kier alpha value is -7.60. The molecule has 0 unspecified atom stereocenters. The van der Waals surface area contributed by atoms with Crippen LogP contribution in [0.25, 0.3) is 0 Å². The number of rotatable bonds is 4. The molecule has 0 saturated heterocycles. The predicted molar refractivity (Wildman–Crippen MR) is 210 cm³/mol. The van der Waals surface area contributed by atoms with Crippen LogP contribution >= 0.6 is 0 Å². The van der Waals surface area contributed by atoms with Crippen molar-refractivity contribution in [1.82, 2.24) is 0 Å². The Morgan fingerprint density at radius 2 is 1.05 bits per heavy atom. The summed E-state index contributed by atoms with van der Waals surface area (Å²) in [6, 6.07) is 17.1. The number of ether oxygens (including phenoxy) is 4. The second kappa shape index (κ2) is 13.5. The summed E-state index contributed by atoms with van der Waals surface area (Å²) in [5.74, 6) is -11.2. The van der Waals surface area contributed by atoms with Crippen molar-refractivity contribution in [2.45, 2.75) is 54.6 Å². The lowest BCUT2D eigenvalue weighted by Gasteiger charge is -2.51. The van der Waals surface area contributed by atoms with E-state index in [0.717, 1.165) is 48.5 Å². The van der Waals surface area contributed by atoms with Crippen molar-refractivity contribution in [3.05, 3.63) is 129 Å². The minimum atomic E-state index is -2.29. The van der Waals surface area contributed by atoms with Gasteiger partial charge in [0.2, 0.25) is 0 Å². The first-order valence-electron chi connectivity index (χ1n) is 19.2.